The number of fused-ring (bicyclic) bond motifs is 1. The summed E-state index contributed by atoms with van der Waals surface area (Å²) in [4.78, 5) is 31.0. The van der Waals surface area contributed by atoms with Gasteiger partial charge in [-0.1, -0.05) is 29.5 Å². The third-order valence-corrected chi connectivity index (χ3v) is 5.88. The Morgan fingerprint density at radius 2 is 2.07 bits per heavy atom. The molecule has 1 aliphatic rings. The number of anilines is 1. The van der Waals surface area contributed by atoms with Gasteiger partial charge < -0.3 is 10.2 Å². The van der Waals surface area contributed by atoms with Gasteiger partial charge in [0.05, 0.1) is 16.1 Å². The largest absolute Gasteiger partial charge is 0.342 e. The maximum Gasteiger partial charge on any atom is 0.231 e. The van der Waals surface area contributed by atoms with Crippen LogP contribution in [0.4, 0.5) is 9.52 Å². The number of likely N-dealkylation sites (tertiary alicyclic amines) is 1. The second-order valence-corrected chi connectivity index (χ2v) is 8.13. The molecular weight excluding hydrogens is 377 g/mol. The molecule has 1 fully saturated rings. The first-order valence-electron chi connectivity index (χ1n) is 9.18. The van der Waals surface area contributed by atoms with E-state index < -0.39 is 0 Å². The van der Waals surface area contributed by atoms with E-state index in [1.165, 1.54) is 23.5 Å². The number of carbonyl (C=O) groups excluding carboxylic acids is 2. The molecule has 2 amide bonds. The van der Waals surface area contributed by atoms with Crippen LogP contribution in [-0.2, 0) is 16.0 Å². The van der Waals surface area contributed by atoms with Gasteiger partial charge in [-0.2, -0.15) is 0 Å². The SMILES string of the molecule is Cc1ccc2nc(NC(=O)C3CC(=O)N(CCc4ccc(F)cc4)C3)sc2c1. The van der Waals surface area contributed by atoms with Crippen molar-refractivity contribution >= 4 is 38.5 Å². The Balaban J connectivity index is 1.35. The van der Waals surface area contributed by atoms with E-state index in [0.717, 1.165) is 21.3 Å². The van der Waals surface area contributed by atoms with Crippen molar-refractivity contribution in [1.29, 1.82) is 0 Å². The lowest BCUT2D eigenvalue weighted by molar-refractivity contribution is -0.128. The highest BCUT2D eigenvalue weighted by Gasteiger charge is 2.34. The van der Waals surface area contributed by atoms with E-state index in [1.54, 1.807) is 17.0 Å². The molecule has 0 bridgehead atoms. The van der Waals surface area contributed by atoms with Gasteiger partial charge in [-0.3, -0.25) is 9.59 Å². The number of nitrogens with one attached hydrogen (secondary N) is 1. The molecule has 0 saturated carbocycles. The fourth-order valence-corrected chi connectivity index (χ4v) is 4.34. The van der Waals surface area contributed by atoms with Gasteiger partial charge in [-0.15, -0.1) is 0 Å². The van der Waals surface area contributed by atoms with Crippen LogP contribution in [0, 0.1) is 18.7 Å². The van der Waals surface area contributed by atoms with Crippen molar-refractivity contribution < 1.29 is 14.0 Å². The van der Waals surface area contributed by atoms with Crippen LogP contribution < -0.4 is 5.32 Å². The molecule has 1 N–H and O–H groups in total. The molecule has 7 heteroatoms. The molecule has 28 heavy (non-hydrogen) atoms. The number of thiazole rings is 1. The molecule has 0 radical (unpaired) electrons. The molecule has 0 spiro atoms. The normalized spacial score (nSPS) is 16.7. The second kappa shape index (κ2) is 7.67. The molecule has 1 aliphatic heterocycles. The zero-order valence-corrected chi connectivity index (χ0v) is 16.3. The molecule has 1 atom stereocenters. The summed E-state index contributed by atoms with van der Waals surface area (Å²) in [6, 6.07) is 12.2. The number of halogens is 1. The van der Waals surface area contributed by atoms with Crippen molar-refractivity contribution in [3.63, 3.8) is 0 Å². The van der Waals surface area contributed by atoms with Crippen molar-refractivity contribution in [3.8, 4) is 0 Å². The van der Waals surface area contributed by atoms with E-state index in [-0.39, 0.29) is 30.0 Å². The number of carbonyl (C=O) groups is 2. The van der Waals surface area contributed by atoms with Gasteiger partial charge in [0.25, 0.3) is 0 Å². The summed E-state index contributed by atoms with van der Waals surface area (Å²) in [5.74, 6) is -0.854. The smallest absolute Gasteiger partial charge is 0.231 e. The van der Waals surface area contributed by atoms with Crippen molar-refractivity contribution in [2.24, 2.45) is 5.92 Å². The monoisotopic (exact) mass is 397 g/mol. The minimum atomic E-state index is -0.380. The summed E-state index contributed by atoms with van der Waals surface area (Å²) >= 11 is 1.44. The van der Waals surface area contributed by atoms with E-state index >= 15 is 0 Å². The summed E-state index contributed by atoms with van der Waals surface area (Å²) < 4.78 is 14.0. The standard InChI is InChI=1S/C21H20FN3O2S/c1-13-2-7-17-18(10-13)28-21(23-17)24-20(27)15-11-19(26)25(12-15)9-8-14-3-5-16(22)6-4-14/h2-7,10,15H,8-9,11-12H2,1H3,(H,23,24,27). The van der Waals surface area contributed by atoms with Crippen LogP contribution in [0.5, 0.6) is 0 Å². The summed E-state index contributed by atoms with van der Waals surface area (Å²) in [5.41, 5.74) is 2.97. The van der Waals surface area contributed by atoms with Crippen molar-refractivity contribution in [3.05, 3.63) is 59.4 Å². The zero-order valence-electron chi connectivity index (χ0n) is 15.4. The number of rotatable bonds is 5. The topological polar surface area (TPSA) is 62.3 Å². The van der Waals surface area contributed by atoms with Gasteiger partial charge in [0, 0.05) is 19.5 Å². The van der Waals surface area contributed by atoms with Crippen LogP contribution in [0.1, 0.15) is 17.5 Å². The number of amides is 2. The average Bonchev–Trinajstić information content (AvgIpc) is 3.23. The fourth-order valence-electron chi connectivity index (χ4n) is 3.37. The fraction of sp³-hybridized carbons (Fsp3) is 0.286. The van der Waals surface area contributed by atoms with Crippen LogP contribution in [-0.4, -0.2) is 34.8 Å². The Morgan fingerprint density at radius 1 is 1.29 bits per heavy atom. The Kier molecular flexibility index (Phi) is 5.09. The maximum atomic E-state index is 13.0. The molecule has 4 rings (SSSR count). The number of hydrogen-bond donors (Lipinski definition) is 1. The first-order valence-corrected chi connectivity index (χ1v) is 10.00. The highest BCUT2D eigenvalue weighted by atomic mass is 32.1. The number of aryl methyl sites for hydroxylation is 1. The zero-order chi connectivity index (χ0) is 19.7. The summed E-state index contributed by atoms with van der Waals surface area (Å²) in [6.07, 6.45) is 0.844. The predicted octanol–water partition coefficient (Wildman–Crippen LogP) is 3.77. The summed E-state index contributed by atoms with van der Waals surface area (Å²) in [6.45, 7) is 2.94. The van der Waals surface area contributed by atoms with Crippen molar-refractivity contribution in [2.75, 3.05) is 18.4 Å². The number of aromatic nitrogens is 1. The van der Waals surface area contributed by atoms with Crippen LogP contribution in [0.3, 0.4) is 0 Å². The summed E-state index contributed by atoms with van der Waals surface area (Å²) in [5, 5.41) is 3.42. The lowest BCUT2D eigenvalue weighted by atomic mass is 10.1. The number of hydrogen-bond acceptors (Lipinski definition) is 4. The number of benzene rings is 2. The van der Waals surface area contributed by atoms with Gasteiger partial charge in [0.2, 0.25) is 11.8 Å². The molecule has 2 aromatic carbocycles. The quantitative estimate of drug-likeness (QED) is 0.713. The molecule has 144 valence electrons. The van der Waals surface area contributed by atoms with E-state index in [1.807, 2.05) is 25.1 Å². The Hall–Kier alpha value is -2.80. The molecule has 1 aromatic heterocycles. The Morgan fingerprint density at radius 3 is 2.86 bits per heavy atom. The highest BCUT2D eigenvalue weighted by Crippen LogP contribution is 2.28. The van der Waals surface area contributed by atoms with Gasteiger partial charge in [-0.25, -0.2) is 9.37 Å². The molecule has 1 saturated heterocycles. The molecule has 3 aromatic rings. The van der Waals surface area contributed by atoms with Crippen LogP contribution in [0.25, 0.3) is 10.2 Å². The first kappa shape index (κ1) is 18.6. The summed E-state index contributed by atoms with van der Waals surface area (Å²) in [7, 11) is 0. The van der Waals surface area contributed by atoms with Crippen LogP contribution in [0.2, 0.25) is 0 Å². The van der Waals surface area contributed by atoms with Gasteiger partial charge in [0.15, 0.2) is 5.13 Å². The predicted molar refractivity (Wildman–Crippen MR) is 108 cm³/mol. The molecule has 5 nitrogen and oxygen atoms in total. The molecule has 1 unspecified atom stereocenters. The molecular formula is C21H20FN3O2S. The molecule has 2 heterocycles. The minimum absolute atomic E-state index is 0.0258. The van der Waals surface area contributed by atoms with Crippen LogP contribution in [0.15, 0.2) is 42.5 Å². The number of nitrogens with zero attached hydrogens (tertiary/aromatic N) is 2. The lowest BCUT2D eigenvalue weighted by Crippen LogP contribution is -2.30. The first-order chi connectivity index (χ1) is 13.5. The van der Waals surface area contributed by atoms with Gasteiger partial charge in [-0.05, 0) is 48.7 Å². The molecule has 0 aliphatic carbocycles. The Bertz CT molecular complexity index is 1030. The minimum Gasteiger partial charge on any atom is -0.342 e. The van der Waals surface area contributed by atoms with Crippen molar-refractivity contribution in [2.45, 2.75) is 19.8 Å². The van der Waals surface area contributed by atoms with Crippen LogP contribution >= 0.6 is 11.3 Å². The third-order valence-electron chi connectivity index (χ3n) is 4.94. The van der Waals surface area contributed by atoms with Gasteiger partial charge in [0.1, 0.15) is 5.82 Å². The van der Waals surface area contributed by atoms with E-state index in [0.29, 0.717) is 24.6 Å². The lowest BCUT2D eigenvalue weighted by Gasteiger charge is -2.16. The Labute approximate surface area is 166 Å². The van der Waals surface area contributed by atoms with Crippen molar-refractivity contribution in [1.82, 2.24) is 9.88 Å². The maximum absolute atomic E-state index is 13.0. The van der Waals surface area contributed by atoms with E-state index in [4.69, 9.17) is 0 Å². The average molecular weight is 397 g/mol. The van der Waals surface area contributed by atoms with E-state index in [9.17, 15) is 14.0 Å². The highest BCUT2D eigenvalue weighted by molar-refractivity contribution is 7.22. The van der Waals surface area contributed by atoms with E-state index in [2.05, 4.69) is 10.3 Å². The van der Waals surface area contributed by atoms with Gasteiger partial charge >= 0.3 is 0 Å². The second-order valence-electron chi connectivity index (χ2n) is 7.10. The third kappa shape index (κ3) is 4.04.